The number of nitrogens with zero attached hydrogens (tertiary/aromatic N) is 1. The van der Waals surface area contributed by atoms with Crippen molar-refractivity contribution < 1.29 is 68.7 Å². The second-order valence-electron chi connectivity index (χ2n) is 12.0. The summed E-state index contributed by atoms with van der Waals surface area (Å²) in [5, 5.41) is 59.3. The van der Waals surface area contributed by atoms with Gasteiger partial charge in [-0.25, -0.2) is 4.79 Å². The van der Waals surface area contributed by atoms with Crippen LogP contribution in [0.4, 0.5) is 0 Å². The van der Waals surface area contributed by atoms with Crippen molar-refractivity contribution in [2.75, 3.05) is 13.2 Å². The lowest BCUT2D eigenvalue weighted by atomic mass is 10.1. The van der Waals surface area contributed by atoms with Crippen LogP contribution < -0.4 is 43.8 Å². The molecule has 16 N–H and O–H groups in total. The highest BCUT2D eigenvalue weighted by Crippen LogP contribution is 2.19. The molecule has 1 fully saturated rings. The van der Waals surface area contributed by atoms with Gasteiger partial charge in [-0.1, -0.05) is 0 Å². The van der Waals surface area contributed by atoms with Crippen LogP contribution in [-0.4, -0.2) is 157 Å². The number of carboxylic acid groups (broad SMARTS) is 1. The number of carbonyl (C=O) groups excluding carboxylic acids is 8. The quantitative estimate of drug-likeness (QED) is 0.0552. The second-order valence-corrected chi connectivity index (χ2v) is 12.0. The lowest BCUT2D eigenvalue weighted by Gasteiger charge is -2.30. The van der Waals surface area contributed by atoms with Gasteiger partial charge in [0.15, 0.2) is 6.04 Å². The van der Waals surface area contributed by atoms with Crippen LogP contribution in [0.3, 0.4) is 0 Å². The number of aliphatic hydroxyl groups excluding tert-OH is 4. The van der Waals surface area contributed by atoms with Gasteiger partial charge in [-0.2, -0.15) is 0 Å². The van der Waals surface area contributed by atoms with Gasteiger partial charge in [-0.05, 0) is 33.6 Å². The average Bonchev–Trinajstić information content (AvgIpc) is 3.52. The first-order chi connectivity index (χ1) is 23.6. The lowest BCUT2D eigenvalue weighted by Crippen LogP contribution is -2.62. The fourth-order valence-corrected chi connectivity index (χ4v) is 4.83. The van der Waals surface area contributed by atoms with Gasteiger partial charge in [0.2, 0.25) is 47.3 Å². The molecule has 0 aromatic carbocycles. The average molecular weight is 734 g/mol. The van der Waals surface area contributed by atoms with Crippen molar-refractivity contribution in [1.29, 1.82) is 0 Å². The van der Waals surface area contributed by atoms with Gasteiger partial charge in [0, 0.05) is 6.54 Å². The molecule has 0 spiro atoms. The Balaban J connectivity index is 3.16. The smallest absolute Gasteiger partial charge is 0.328 e. The van der Waals surface area contributed by atoms with E-state index in [2.05, 4.69) is 26.6 Å². The Labute approximate surface area is 291 Å². The fourth-order valence-electron chi connectivity index (χ4n) is 4.83. The molecule has 23 heteroatoms. The summed E-state index contributed by atoms with van der Waals surface area (Å²) >= 11 is 0. The van der Waals surface area contributed by atoms with Crippen molar-refractivity contribution in [2.45, 2.75) is 107 Å². The van der Waals surface area contributed by atoms with Crippen LogP contribution in [0.5, 0.6) is 0 Å². The van der Waals surface area contributed by atoms with Crippen molar-refractivity contribution in [3.63, 3.8) is 0 Å². The summed E-state index contributed by atoms with van der Waals surface area (Å²) in [6, 6.07) is -11.7. The van der Waals surface area contributed by atoms with Crippen molar-refractivity contribution in [1.82, 2.24) is 31.5 Å². The summed E-state index contributed by atoms with van der Waals surface area (Å²) in [4.78, 5) is 114. The zero-order chi connectivity index (χ0) is 39.3. The Morgan fingerprint density at radius 3 is 1.59 bits per heavy atom. The molecule has 8 amide bonds. The Hall–Kier alpha value is -4.97. The Kier molecular flexibility index (Phi) is 17.3. The number of aliphatic hydroxyl groups is 4. The first-order valence-electron chi connectivity index (χ1n) is 15.6. The maximum atomic E-state index is 13.3. The van der Waals surface area contributed by atoms with Gasteiger partial charge < -0.3 is 74.2 Å². The second kappa shape index (κ2) is 20.0. The van der Waals surface area contributed by atoms with Crippen molar-refractivity contribution in [2.24, 2.45) is 17.2 Å². The Morgan fingerprint density at radius 2 is 1.16 bits per heavy atom. The molecule has 51 heavy (non-hydrogen) atoms. The largest absolute Gasteiger partial charge is 0.480 e. The van der Waals surface area contributed by atoms with E-state index in [0.29, 0.717) is 0 Å². The minimum atomic E-state index is -1.91. The van der Waals surface area contributed by atoms with Gasteiger partial charge >= 0.3 is 5.97 Å². The summed E-state index contributed by atoms with van der Waals surface area (Å²) < 4.78 is 0. The molecular formula is C28H47N9O14. The van der Waals surface area contributed by atoms with Gasteiger partial charge in [0.1, 0.15) is 36.3 Å². The maximum Gasteiger partial charge on any atom is 0.328 e. The zero-order valence-corrected chi connectivity index (χ0v) is 28.1. The third-order valence-corrected chi connectivity index (χ3v) is 7.64. The molecule has 0 aromatic rings. The number of aliphatic carboxylic acids is 1. The van der Waals surface area contributed by atoms with E-state index < -0.39 is 133 Å². The van der Waals surface area contributed by atoms with E-state index in [9.17, 15) is 68.7 Å². The summed E-state index contributed by atoms with van der Waals surface area (Å²) in [7, 11) is 0. The summed E-state index contributed by atoms with van der Waals surface area (Å²) in [6.07, 6.45) is -5.93. The molecule has 1 aliphatic rings. The molecule has 0 saturated carbocycles. The van der Waals surface area contributed by atoms with Crippen molar-refractivity contribution in [3.8, 4) is 0 Å². The van der Waals surface area contributed by atoms with Crippen LogP contribution in [0.25, 0.3) is 0 Å². The molecule has 0 radical (unpaired) electrons. The number of carbonyl (C=O) groups is 9. The third kappa shape index (κ3) is 13.3. The van der Waals surface area contributed by atoms with E-state index in [1.54, 1.807) is 0 Å². The van der Waals surface area contributed by atoms with Gasteiger partial charge in [-0.15, -0.1) is 0 Å². The van der Waals surface area contributed by atoms with E-state index in [4.69, 9.17) is 17.2 Å². The zero-order valence-electron chi connectivity index (χ0n) is 28.1. The van der Waals surface area contributed by atoms with Crippen molar-refractivity contribution in [3.05, 3.63) is 0 Å². The molecule has 1 rings (SSSR count). The number of likely N-dealkylation sites (tertiary alicyclic amines) is 1. The Bertz CT molecular complexity index is 1330. The minimum Gasteiger partial charge on any atom is -0.480 e. The van der Waals surface area contributed by atoms with Crippen molar-refractivity contribution >= 4 is 53.2 Å². The van der Waals surface area contributed by atoms with E-state index in [-0.39, 0.29) is 19.4 Å². The molecule has 0 unspecified atom stereocenters. The van der Waals surface area contributed by atoms with E-state index in [1.165, 1.54) is 6.92 Å². The summed E-state index contributed by atoms with van der Waals surface area (Å²) in [6.45, 7) is 2.28. The highest BCUT2D eigenvalue weighted by atomic mass is 16.4. The minimum absolute atomic E-state index is 0.0388. The SMILES string of the molecule is C[C@@H](O)[C@H](N)C(=O)N[C@@H](CC(N)=O)C(=O)N[C@@H](CC(N)=O)C(=O)N[C@H](C(=O)N[C@@H](CO)C(=O)N1CCC[C@H]1C(=O)N[C@H](C(=O)O)[C@@H](C)O)[C@@H](C)O. The molecule has 10 atom stereocenters. The third-order valence-electron chi connectivity index (χ3n) is 7.64. The number of nitrogens with two attached hydrogens (primary N) is 3. The predicted octanol–water partition coefficient (Wildman–Crippen LogP) is -8.30. The molecule has 0 aromatic heterocycles. The number of hydrogen-bond acceptors (Lipinski definition) is 14. The summed E-state index contributed by atoms with van der Waals surface area (Å²) in [5.41, 5.74) is 15.9. The number of carboxylic acids is 1. The monoisotopic (exact) mass is 733 g/mol. The molecule has 23 nitrogen and oxygen atoms in total. The first-order valence-corrected chi connectivity index (χ1v) is 15.6. The normalized spacial score (nSPS) is 19.4. The first kappa shape index (κ1) is 44.1. The predicted molar refractivity (Wildman–Crippen MR) is 170 cm³/mol. The van der Waals surface area contributed by atoms with Gasteiger partial charge in [-0.3, -0.25) is 38.4 Å². The number of primary amides is 2. The molecular weight excluding hydrogens is 686 g/mol. The molecule has 1 saturated heterocycles. The van der Waals surface area contributed by atoms with Crippen LogP contribution in [0.1, 0.15) is 46.5 Å². The van der Waals surface area contributed by atoms with E-state index in [0.717, 1.165) is 18.7 Å². The topological polar surface area (TPSA) is 396 Å². The highest BCUT2D eigenvalue weighted by molar-refractivity contribution is 5.99. The lowest BCUT2D eigenvalue weighted by molar-refractivity contribution is -0.147. The fraction of sp³-hybridized carbons (Fsp3) is 0.679. The number of hydrogen-bond donors (Lipinski definition) is 13. The van der Waals surface area contributed by atoms with E-state index >= 15 is 0 Å². The molecule has 0 aliphatic carbocycles. The molecule has 288 valence electrons. The number of rotatable bonds is 20. The van der Waals surface area contributed by atoms with E-state index in [1.807, 2.05) is 0 Å². The van der Waals surface area contributed by atoms with Gasteiger partial charge in [0.05, 0.1) is 37.8 Å². The van der Waals surface area contributed by atoms with Crippen LogP contribution in [0, 0.1) is 0 Å². The molecule has 1 aliphatic heterocycles. The standard InChI is InChI=1S/C28H47N9O14/c1-10(39)19(31)25(47)33-13(7-17(29)42)22(44)32-14(8-18(30)43)23(45)35-20(11(2)40)26(48)34-15(9-38)27(49)37-6-4-5-16(37)24(46)36-21(12(3)41)28(50)51/h10-16,19-21,38-41H,4-9,31H2,1-3H3,(H2,29,42)(H2,30,43)(H,32,44)(H,33,47)(H,34,48)(H,35,45)(H,36,46)(H,50,51)/t10-,11-,12-,13+,14+,15+,16+,19+,20+,21+/m1/s1. The van der Waals surface area contributed by atoms with Crippen LogP contribution in [-0.2, 0) is 43.2 Å². The van der Waals surface area contributed by atoms with Crippen LogP contribution in [0.15, 0.2) is 0 Å². The molecule has 0 bridgehead atoms. The number of amides is 8. The molecule has 1 heterocycles. The Morgan fingerprint density at radius 1 is 0.686 bits per heavy atom. The number of nitrogens with one attached hydrogen (secondary N) is 5. The van der Waals surface area contributed by atoms with Crippen LogP contribution >= 0.6 is 0 Å². The van der Waals surface area contributed by atoms with Crippen LogP contribution in [0.2, 0.25) is 0 Å². The van der Waals surface area contributed by atoms with Gasteiger partial charge in [0.25, 0.3) is 0 Å². The maximum absolute atomic E-state index is 13.3. The highest BCUT2D eigenvalue weighted by Gasteiger charge is 2.41. The summed E-state index contributed by atoms with van der Waals surface area (Å²) in [5.74, 6) is -10.5.